The Morgan fingerprint density at radius 2 is 2.09 bits per heavy atom. The molecule has 120 valence electrons. The Hall–Kier alpha value is -2.68. The van der Waals surface area contributed by atoms with Crippen molar-refractivity contribution < 1.29 is 14.8 Å². The van der Waals surface area contributed by atoms with Crippen LogP contribution in [0.3, 0.4) is 0 Å². The molecule has 8 nitrogen and oxygen atoms in total. The average molecular weight is 333 g/mol. The number of nitrogens with zero attached hydrogens (tertiary/aromatic N) is 3. The van der Waals surface area contributed by atoms with E-state index < -0.39 is 10.9 Å². The van der Waals surface area contributed by atoms with Crippen LogP contribution < -0.4 is 5.11 Å². The highest BCUT2D eigenvalue weighted by Crippen LogP contribution is 2.25. The molecule has 2 aromatic rings. The number of hydrogen-bond acceptors (Lipinski definition) is 7. The third-order valence-electron chi connectivity index (χ3n) is 2.80. The molecule has 0 spiro atoms. The van der Waals surface area contributed by atoms with Crippen LogP contribution in [0.15, 0.2) is 34.3 Å². The van der Waals surface area contributed by atoms with Crippen molar-refractivity contribution in [2.24, 2.45) is 0 Å². The van der Waals surface area contributed by atoms with Gasteiger partial charge < -0.3 is 9.90 Å². The summed E-state index contributed by atoms with van der Waals surface area (Å²) in [5.41, 5.74) is 0.439. The van der Waals surface area contributed by atoms with E-state index in [-0.39, 0.29) is 15.7 Å². The number of nitro groups is 1. The second-order valence-corrected chi connectivity index (χ2v) is 5.57. The minimum Gasteiger partial charge on any atom is -0.544 e. The van der Waals surface area contributed by atoms with Gasteiger partial charge in [0.2, 0.25) is 5.16 Å². The third kappa shape index (κ3) is 4.65. The van der Waals surface area contributed by atoms with E-state index in [0.717, 1.165) is 24.6 Å². The lowest BCUT2D eigenvalue weighted by molar-refractivity contribution is -0.384. The molecule has 0 saturated heterocycles. The molecule has 1 aromatic heterocycles. The lowest BCUT2D eigenvalue weighted by Crippen LogP contribution is -2.23. The van der Waals surface area contributed by atoms with Gasteiger partial charge in [0.1, 0.15) is 5.82 Å². The largest absolute Gasteiger partial charge is 0.544 e. The quantitative estimate of drug-likeness (QED) is 0.352. The van der Waals surface area contributed by atoms with E-state index >= 15 is 0 Å². The van der Waals surface area contributed by atoms with Gasteiger partial charge in [0.05, 0.1) is 10.9 Å². The molecule has 0 amide bonds. The number of aryl methyl sites for hydroxylation is 1. The maximum atomic E-state index is 11.2. The predicted octanol–water partition coefficient (Wildman–Crippen LogP) is 1.55. The molecule has 0 aliphatic heterocycles. The van der Waals surface area contributed by atoms with Gasteiger partial charge in [-0.15, -0.1) is 5.10 Å². The second kappa shape index (κ2) is 7.54. The Kier molecular flexibility index (Phi) is 5.47. The number of nitro benzene ring substituents is 1. The number of aromatic nitrogens is 3. The summed E-state index contributed by atoms with van der Waals surface area (Å²) >= 11 is 0.861. The van der Waals surface area contributed by atoms with E-state index in [1.54, 1.807) is 0 Å². The van der Waals surface area contributed by atoms with Gasteiger partial charge in [0.25, 0.3) is 5.69 Å². The molecule has 9 heteroatoms. The number of carboxylic acid groups (broad SMARTS) is 1. The molecule has 0 atom stereocenters. The second-order valence-electron chi connectivity index (χ2n) is 4.56. The molecule has 0 radical (unpaired) electrons. The number of benzene rings is 1. The first kappa shape index (κ1) is 16.7. The van der Waals surface area contributed by atoms with Gasteiger partial charge in [-0.2, -0.15) is 0 Å². The number of hydrogen-bond donors (Lipinski definition) is 1. The van der Waals surface area contributed by atoms with Crippen molar-refractivity contribution in [3.8, 4) is 0 Å². The van der Waals surface area contributed by atoms with Gasteiger partial charge in [-0.25, -0.2) is 4.98 Å². The van der Waals surface area contributed by atoms with Crippen LogP contribution in [0.5, 0.6) is 0 Å². The van der Waals surface area contributed by atoms with Crippen LogP contribution in [0, 0.1) is 10.1 Å². The summed E-state index contributed by atoms with van der Waals surface area (Å²) in [7, 11) is 0. The molecular weight excluding hydrogens is 320 g/mol. The summed E-state index contributed by atoms with van der Waals surface area (Å²) in [6, 6.07) is 5.52. The summed E-state index contributed by atoms with van der Waals surface area (Å²) in [6.07, 6.45) is 2.98. The van der Waals surface area contributed by atoms with Crippen LogP contribution in [0.4, 0.5) is 5.69 Å². The maximum Gasteiger partial charge on any atom is 0.269 e. The first-order valence-electron chi connectivity index (χ1n) is 6.76. The van der Waals surface area contributed by atoms with E-state index in [0.29, 0.717) is 11.4 Å². The molecule has 0 aliphatic carbocycles. The molecule has 0 aliphatic rings. The van der Waals surface area contributed by atoms with Crippen molar-refractivity contribution in [2.75, 3.05) is 0 Å². The summed E-state index contributed by atoms with van der Waals surface area (Å²) in [6.45, 7) is 2.00. The minimum atomic E-state index is -1.37. The summed E-state index contributed by atoms with van der Waals surface area (Å²) < 4.78 is 0. The SMILES string of the molecule is CCCc1nc(S/C(=C/c2ccc([N+](=O)[O-])cc2)C(=O)[O-])n[nH]1. The van der Waals surface area contributed by atoms with Crippen molar-refractivity contribution in [1.82, 2.24) is 15.2 Å². The Bertz CT molecular complexity index is 739. The van der Waals surface area contributed by atoms with Crippen molar-refractivity contribution in [2.45, 2.75) is 24.9 Å². The Labute approximate surface area is 135 Å². The highest BCUT2D eigenvalue weighted by Gasteiger charge is 2.09. The van der Waals surface area contributed by atoms with Crippen molar-refractivity contribution >= 4 is 29.5 Å². The fourth-order valence-electron chi connectivity index (χ4n) is 1.74. The molecule has 0 fully saturated rings. The zero-order chi connectivity index (χ0) is 16.8. The van der Waals surface area contributed by atoms with Crippen molar-refractivity contribution in [1.29, 1.82) is 0 Å². The highest BCUT2D eigenvalue weighted by atomic mass is 32.2. The van der Waals surface area contributed by atoms with Gasteiger partial charge in [0.15, 0.2) is 0 Å². The molecule has 1 heterocycles. The van der Waals surface area contributed by atoms with Crippen LogP contribution in [0.1, 0.15) is 24.7 Å². The summed E-state index contributed by atoms with van der Waals surface area (Å²) in [5.74, 6) is -0.682. The fraction of sp³-hybridized carbons (Fsp3) is 0.214. The number of H-pyrrole nitrogens is 1. The van der Waals surface area contributed by atoms with E-state index in [1.165, 1.54) is 30.3 Å². The molecule has 0 saturated carbocycles. The molecule has 0 bridgehead atoms. The Balaban J connectivity index is 2.19. The fourth-order valence-corrected chi connectivity index (χ4v) is 2.47. The smallest absolute Gasteiger partial charge is 0.269 e. The number of carbonyl (C=O) groups excluding carboxylic acids is 1. The van der Waals surface area contributed by atoms with E-state index in [1.807, 2.05) is 6.92 Å². The number of non-ortho nitro benzene ring substituents is 1. The number of aromatic amines is 1. The molecule has 0 unspecified atom stereocenters. The number of nitrogens with one attached hydrogen (secondary N) is 1. The summed E-state index contributed by atoms with van der Waals surface area (Å²) in [4.78, 5) is 25.4. The lowest BCUT2D eigenvalue weighted by Gasteiger charge is -2.05. The van der Waals surface area contributed by atoms with E-state index in [2.05, 4.69) is 15.2 Å². The Morgan fingerprint density at radius 1 is 1.39 bits per heavy atom. The number of carbonyl (C=O) groups is 1. The molecule has 1 N–H and O–H groups in total. The first-order chi connectivity index (χ1) is 11.0. The first-order valence-corrected chi connectivity index (χ1v) is 7.58. The van der Waals surface area contributed by atoms with Crippen molar-refractivity contribution in [3.05, 3.63) is 50.7 Å². The lowest BCUT2D eigenvalue weighted by atomic mass is 10.2. The van der Waals surface area contributed by atoms with Crippen LogP contribution >= 0.6 is 11.8 Å². The minimum absolute atomic E-state index is 0.0667. The van der Waals surface area contributed by atoms with E-state index in [4.69, 9.17) is 0 Å². The van der Waals surface area contributed by atoms with Crippen LogP contribution in [-0.4, -0.2) is 26.1 Å². The summed E-state index contributed by atoms with van der Waals surface area (Å²) in [5, 5.41) is 28.8. The van der Waals surface area contributed by atoms with Gasteiger partial charge in [-0.1, -0.05) is 6.92 Å². The Morgan fingerprint density at radius 3 is 2.65 bits per heavy atom. The zero-order valence-corrected chi connectivity index (χ0v) is 13.0. The standard InChI is InChI=1S/C14H14N4O4S/c1-2-3-12-15-14(17-16-12)23-11(13(19)20)8-9-4-6-10(7-5-9)18(21)22/h4-8H,2-3H2,1H3,(H,19,20)(H,15,16,17)/p-1/b11-8+. The average Bonchev–Trinajstić information content (AvgIpc) is 2.95. The van der Waals surface area contributed by atoms with Crippen LogP contribution in [-0.2, 0) is 11.2 Å². The highest BCUT2D eigenvalue weighted by molar-refractivity contribution is 8.04. The van der Waals surface area contributed by atoms with Gasteiger partial charge in [-0.05, 0) is 42.0 Å². The van der Waals surface area contributed by atoms with Gasteiger partial charge in [0, 0.05) is 23.5 Å². The van der Waals surface area contributed by atoms with Gasteiger partial charge in [-0.3, -0.25) is 15.2 Å². The zero-order valence-electron chi connectivity index (χ0n) is 12.2. The third-order valence-corrected chi connectivity index (χ3v) is 3.67. The number of rotatable bonds is 7. The van der Waals surface area contributed by atoms with Crippen LogP contribution in [0.2, 0.25) is 0 Å². The van der Waals surface area contributed by atoms with Gasteiger partial charge >= 0.3 is 0 Å². The molecule has 2 rings (SSSR count). The maximum absolute atomic E-state index is 11.2. The van der Waals surface area contributed by atoms with Crippen molar-refractivity contribution in [3.63, 3.8) is 0 Å². The monoisotopic (exact) mass is 333 g/mol. The topological polar surface area (TPSA) is 125 Å². The predicted molar refractivity (Wildman–Crippen MR) is 82.3 cm³/mol. The molecular formula is C14H13N4O4S-. The van der Waals surface area contributed by atoms with E-state index in [9.17, 15) is 20.0 Å². The normalized spacial score (nSPS) is 11.4. The number of carboxylic acids is 1. The van der Waals surface area contributed by atoms with Crippen LogP contribution in [0.25, 0.3) is 6.08 Å². The molecule has 1 aromatic carbocycles. The number of thioether (sulfide) groups is 1. The molecule has 23 heavy (non-hydrogen) atoms. The number of aliphatic carboxylic acids is 1.